The third-order valence-electron chi connectivity index (χ3n) is 4.41. The van der Waals surface area contributed by atoms with E-state index in [0.29, 0.717) is 5.69 Å². The monoisotopic (exact) mass is 348 g/mol. The number of carbonyl (C=O) groups is 1. The Morgan fingerprint density at radius 3 is 2.42 bits per heavy atom. The highest BCUT2D eigenvalue weighted by Crippen LogP contribution is 2.20. The van der Waals surface area contributed by atoms with Gasteiger partial charge in [0, 0.05) is 30.2 Å². The Morgan fingerprint density at radius 2 is 1.69 bits per heavy atom. The number of benzene rings is 2. The molecule has 4 rings (SSSR count). The van der Waals surface area contributed by atoms with Crippen molar-refractivity contribution in [1.82, 2.24) is 9.55 Å². The maximum atomic E-state index is 12.7. The summed E-state index contributed by atoms with van der Waals surface area (Å²) < 4.78 is 7.15. The van der Waals surface area contributed by atoms with Crippen molar-refractivity contribution in [3.63, 3.8) is 0 Å². The van der Waals surface area contributed by atoms with Gasteiger partial charge in [0.2, 0.25) is 0 Å². The zero-order valence-electron chi connectivity index (χ0n) is 14.3. The van der Waals surface area contributed by atoms with Crippen molar-refractivity contribution in [2.45, 2.75) is 0 Å². The molecule has 0 atom stereocenters. The van der Waals surface area contributed by atoms with Crippen LogP contribution in [0.25, 0.3) is 5.69 Å². The molecule has 0 unspecified atom stereocenters. The van der Waals surface area contributed by atoms with Crippen LogP contribution in [0.4, 0.5) is 11.4 Å². The predicted molar refractivity (Wildman–Crippen MR) is 101 cm³/mol. The van der Waals surface area contributed by atoms with Gasteiger partial charge in [-0.25, -0.2) is 4.98 Å². The summed E-state index contributed by atoms with van der Waals surface area (Å²) >= 11 is 0. The number of nitrogens with zero attached hydrogens (tertiary/aromatic N) is 3. The normalized spacial score (nSPS) is 14.2. The quantitative estimate of drug-likeness (QED) is 0.787. The molecule has 26 heavy (non-hydrogen) atoms. The molecule has 0 saturated carbocycles. The molecule has 0 spiro atoms. The van der Waals surface area contributed by atoms with Crippen molar-refractivity contribution >= 4 is 17.3 Å². The van der Waals surface area contributed by atoms with E-state index in [4.69, 9.17) is 4.74 Å². The lowest BCUT2D eigenvalue weighted by Gasteiger charge is -2.28. The van der Waals surface area contributed by atoms with Crippen LogP contribution in [0.2, 0.25) is 0 Å². The second-order valence-corrected chi connectivity index (χ2v) is 6.08. The number of ether oxygens (including phenoxy) is 1. The van der Waals surface area contributed by atoms with Gasteiger partial charge in [-0.1, -0.05) is 18.2 Å². The van der Waals surface area contributed by atoms with Crippen LogP contribution in [0.15, 0.2) is 67.1 Å². The van der Waals surface area contributed by atoms with E-state index < -0.39 is 0 Å². The second-order valence-electron chi connectivity index (χ2n) is 6.08. The molecule has 0 aliphatic carbocycles. The number of anilines is 2. The second kappa shape index (κ2) is 7.41. The molecule has 6 heteroatoms. The summed E-state index contributed by atoms with van der Waals surface area (Å²) in [5.41, 5.74) is 3.29. The number of morpholine rings is 1. The van der Waals surface area contributed by atoms with Crippen molar-refractivity contribution in [2.75, 3.05) is 36.5 Å². The summed E-state index contributed by atoms with van der Waals surface area (Å²) in [6.07, 6.45) is 3.22. The highest BCUT2D eigenvalue weighted by atomic mass is 16.5. The number of rotatable bonds is 4. The molecule has 1 fully saturated rings. The van der Waals surface area contributed by atoms with Gasteiger partial charge in [0.15, 0.2) is 0 Å². The average molecular weight is 348 g/mol. The molecule has 2 aromatic carbocycles. The molecule has 1 saturated heterocycles. The standard InChI is InChI=1S/C20H20N4O2/c25-20(19-14-21-15-24(19)18-4-2-1-3-5-18)22-16-6-8-17(9-7-16)23-10-12-26-13-11-23/h1-9,14-15H,10-13H2,(H,22,25). The number of imidazole rings is 1. The number of para-hydroxylation sites is 1. The van der Waals surface area contributed by atoms with Crippen LogP contribution in [0, 0.1) is 0 Å². The summed E-state index contributed by atoms with van der Waals surface area (Å²) in [6.45, 7) is 3.29. The van der Waals surface area contributed by atoms with Crippen molar-refractivity contribution in [2.24, 2.45) is 0 Å². The van der Waals surface area contributed by atoms with Gasteiger partial charge in [-0.2, -0.15) is 0 Å². The van der Waals surface area contributed by atoms with Gasteiger partial charge in [0.25, 0.3) is 5.91 Å². The maximum Gasteiger partial charge on any atom is 0.274 e. The number of hydrogen-bond acceptors (Lipinski definition) is 4. The first-order valence-electron chi connectivity index (χ1n) is 8.63. The van der Waals surface area contributed by atoms with E-state index in [1.165, 1.54) is 0 Å². The average Bonchev–Trinajstić information content (AvgIpc) is 3.20. The van der Waals surface area contributed by atoms with E-state index in [2.05, 4.69) is 15.2 Å². The third-order valence-corrected chi connectivity index (χ3v) is 4.41. The van der Waals surface area contributed by atoms with Crippen LogP contribution in [0.3, 0.4) is 0 Å². The smallest absolute Gasteiger partial charge is 0.274 e. The highest BCUT2D eigenvalue weighted by Gasteiger charge is 2.14. The van der Waals surface area contributed by atoms with Crippen molar-refractivity contribution in [3.8, 4) is 5.69 Å². The highest BCUT2D eigenvalue weighted by molar-refractivity contribution is 6.03. The number of carbonyl (C=O) groups excluding carboxylic acids is 1. The van der Waals surface area contributed by atoms with Gasteiger partial charge >= 0.3 is 0 Å². The summed E-state index contributed by atoms with van der Waals surface area (Å²) in [5.74, 6) is -0.189. The third kappa shape index (κ3) is 3.45. The molecular weight excluding hydrogens is 328 g/mol. The van der Waals surface area contributed by atoms with E-state index >= 15 is 0 Å². The Bertz CT molecular complexity index is 868. The van der Waals surface area contributed by atoms with Gasteiger partial charge in [-0.15, -0.1) is 0 Å². The van der Waals surface area contributed by atoms with E-state index in [1.54, 1.807) is 17.1 Å². The van der Waals surface area contributed by atoms with E-state index in [1.807, 2.05) is 54.6 Å². The molecule has 1 aliphatic heterocycles. The minimum Gasteiger partial charge on any atom is -0.378 e. The Morgan fingerprint density at radius 1 is 0.962 bits per heavy atom. The molecule has 0 radical (unpaired) electrons. The van der Waals surface area contributed by atoms with Crippen LogP contribution in [-0.2, 0) is 4.74 Å². The lowest BCUT2D eigenvalue weighted by molar-refractivity contribution is 0.102. The first-order chi connectivity index (χ1) is 12.8. The van der Waals surface area contributed by atoms with E-state index in [0.717, 1.165) is 43.4 Å². The molecule has 1 N–H and O–H groups in total. The van der Waals surface area contributed by atoms with Crippen molar-refractivity contribution < 1.29 is 9.53 Å². The molecule has 1 aliphatic rings. The number of nitrogens with one attached hydrogen (secondary N) is 1. The van der Waals surface area contributed by atoms with Crippen LogP contribution in [-0.4, -0.2) is 41.8 Å². The Labute approximate surface area is 152 Å². The van der Waals surface area contributed by atoms with Crippen LogP contribution >= 0.6 is 0 Å². The predicted octanol–water partition coefficient (Wildman–Crippen LogP) is 2.96. The fourth-order valence-corrected chi connectivity index (χ4v) is 3.03. The summed E-state index contributed by atoms with van der Waals surface area (Å²) in [6, 6.07) is 17.6. The topological polar surface area (TPSA) is 59.4 Å². The first-order valence-corrected chi connectivity index (χ1v) is 8.63. The maximum absolute atomic E-state index is 12.7. The van der Waals surface area contributed by atoms with Crippen LogP contribution in [0.1, 0.15) is 10.5 Å². The lowest BCUT2D eigenvalue weighted by Crippen LogP contribution is -2.36. The Hall–Kier alpha value is -3.12. The molecule has 6 nitrogen and oxygen atoms in total. The van der Waals surface area contributed by atoms with Gasteiger partial charge in [-0.3, -0.25) is 9.36 Å². The molecule has 2 heterocycles. The molecule has 0 bridgehead atoms. The number of amides is 1. The summed E-state index contributed by atoms with van der Waals surface area (Å²) in [4.78, 5) is 19.1. The molecular formula is C20H20N4O2. The molecule has 3 aromatic rings. The van der Waals surface area contributed by atoms with Crippen LogP contribution in [0.5, 0.6) is 0 Å². The molecule has 1 aromatic heterocycles. The first kappa shape index (κ1) is 16.4. The van der Waals surface area contributed by atoms with Gasteiger partial charge in [0.1, 0.15) is 5.69 Å². The lowest BCUT2D eigenvalue weighted by atomic mass is 10.2. The number of aromatic nitrogens is 2. The summed E-state index contributed by atoms with van der Waals surface area (Å²) in [5, 5.41) is 2.94. The van der Waals surface area contributed by atoms with Crippen molar-refractivity contribution in [1.29, 1.82) is 0 Å². The van der Waals surface area contributed by atoms with Gasteiger partial charge in [0.05, 0.1) is 25.7 Å². The minimum atomic E-state index is -0.189. The van der Waals surface area contributed by atoms with Crippen molar-refractivity contribution in [3.05, 3.63) is 72.8 Å². The Balaban J connectivity index is 1.48. The van der Waals surface area contributed by atoms with Gasteiger partial charge in [-0.05, 0) is 36.4 Å². The fraction of sp³-hybridized carbons (Fsp3) is 0.200. The zero-order chi connectivity index (χ0) is 17.8. The summed E-state index contributed by atoms with van der Waals surface area (Å²) in [7, 11) is 0. The van der Waals surface area contributed by atoms with Gasteiger partial charge < -0.3 is 15.0 Å². The fourth-order valence-electron chi connectivity index (χ4n) is 3.03. The largest absolute Gasteiger partial charge is 0.378 e. The number of hydrogen-bond donors (Lipinski definition) is 1. The SMILES string of the molecule is O=C(Nc1ccc(N2CCOCC2)cc1)c1cncn1-c1ccccc1. The minimum absolute atomic E-state index is 0.189. The molecule has 1 amide bonds. The van der Waals surface area contributed by atoms with E-state index in [9.17, 15) is 4.79 Å². The van der Waals surface area contributed by atoms with Crippen LogP contribution < -0.4 is 10.2 Å². The zero-order valence-corrected chi connectivity index (χ0v) is 14.3. The Kier molecular flexibility index (Phi) is 4.66. The van der Waals surface area contributed by atoms with E-state index in [-0.39, 0.29) is 5.91 Å². The molecule has 132 valence electrons.